The molecule has 1 aromatic carbocycles. The maximum Gasteiger partial charge on any atom is 0.336 e. The summed E-state index contributed by atoms with van der Waals surface area (Å²) in [4.78, 5) is 29.7. The van der Waals surface area contributed by atoms with Gasteiger partial charge in [-0.25, -0.2) is 4.79 Å². The highest BCUT2D eigenvalue weighted by atomic mass is 16.5. The van der Waals surface area contributed by atoms with Crippen molar-refractivity contribution in [3.63, 3.8) is 0 Å². The lowest BCUT2D eigenvalue weighted by molar-refractivity contribution is -0.133. The molecule has 6 nitrogen and oxygen atoms in total. The first-order valence-corrected chi connectivity index (χ1v) is 10.5. The van der Waals surface area contributed by atoms with Crippen molar-refractivity contribution in [1.82, 2.24) is 5.32 Å². The molecule has 0 radical (unpaired) electrons. The molecule has 1 aliphatic carbocycles. The molecule has 2 aliphatic heterocycles. The summed E-state index contributed by atoms with van der Waals surface area (Å²) in [5, 5.41) is 4.14. The minimum absolute atomic E-state index is 0.107. The largest absolute Gasteiger partial charge is 0.480 e. The Morgan fingerprint density at radius 2 is 1.94 bits per heavy atom. The Morgan fingerprint density at radius 1 is 1.13 bits per heavy atom. The highest BCUT2D eigenvalue weighted by molar-refractivity contribution is 6.09. The molecule has 2 aromatic rings. The molecule has 0 saturated heterocycles. The van der Waals surface area contributed by atoms with E-state index in [1.807, 2.05) is 12.1 Å². The van der Waals surface area contributed by atoms with E-state index in [2.05, 4.69) is 40.8 Å². The first kappa shape index (κ1) is 19.5. The number of hydrogen-bond acceptors (Lipinski definition) is 6. The van der Waals surface area contributed by atoms with Gasteiger partial charge in [0, 0.05) is 30.1 Å². The third-order valence-corrected chi connectivity index (χ3v) is 6.15. The topological polar surface area (TPSA) is 80.9 Å². The van der Waals surface area contributed by atoms with Crippen LogP contribution in [0.4, 0.5) is 0 Å². The Kier molecular flexibility index (Phi) is 4.65. The Labute approximate surface area is 180 Å². The van der Waals surface area contributed by atoms with Crippen molar-refractivity contribution in [1.29, 1.82) is 0 Å². The van der Waals surface area contributed by atoms with Crippen LogP contribution in [0.1, 0.15) is 31.7 Å². The van der Waals surface area contributed by atoms with Gasteiger partial charge in [0.15, 0.2) is 11.4 Å². The number of hydrogen-bond donors (Lipinski definition) is 1. The van der Waals surface area contributed by atoms with Crippen LogP contribution in [0.15, 0.2) is 74.5 Å². The Hall–Kier alpha value is -3.41. The van der Waals surface area contributed by atoms with Crippen LogP contribution in [0.3, 0.4) is 0 Å². The summed E-state index contributed by atoms with van der Waals surface area (Å²) in [7, 11) is 0. The molecule has 0 fully saturated rings. The number of nitrogens with one attached hydrogen (secondary N) is 1. The van der Waals surface area contributed by atoms with Crippen molar-refractivity contribution in [2.45, 2.75) is 37.8 Å². The molecule has 0 spiro atoms. The van der Waals surface area contributed by atoms with Gasteiger partial charge in [-0.2, -0.15) is 0 Å². The summed E-state index contributed by atoms with van der Waals surface area (Å²) in [6.45, 7) is 4.08. The van der Waals surface area contributed by atoms with Crippen molar-refractivity contribution in [2.75, 3.05) is 6.54 Å². The second kappa shape index (κ2) is 7.38. The monoisotopic (exact) mass is 416 g/mol. The number of fused-ring (bicyclic) bond motifs is 4. The number of rotatable bonds is 4. The average Bonchev–Trinajstić information content (AvgIpc) is 3.16. The van der Waals surface area contributed by atoms with E-state index >= 15 is 0 Å². The van der Waals surface area contributed by atoms with Crippen molar-refractivity contribution in [2.24, 2.45) is 10.9 Å². The molecule has 0 amide bonds. The molecule has 6 heteroatoms. The average molecular weight is 416 g/mol. The zero-order valence-corrected chi connectivity index (χ0v) is 17.5. The standard InChI is InChI=1S/C25H24N2O4/c1-25(2)24(29)18(14-26-12-11-16-13-27-19-6-4-3-5-17(16)19)22-20(31-25)9-7-15-8-10-21(28)30-23(15)22/h3-10,13-14,17-19,27H,11-12H2,1-2H3/t17-,18-,19+/m0/s1. The first-order valence-electron chi connectivity index (χ1n) is 10.5. The van der Waals surface area contributed by atoms with Crippen LogP contribution in [-0.4, -0.2) is 30.2 Å². The van der Waals surface area contributed by atoms with Gasteiger partial charge in [-0.05, 0) is 50.2 Å². The summed E-state index contributed by atoms with van der Waals surface area (Å²) in [6, 6.07) is 7.05. The van der Waals surface area contributed by atoms with E-state index in [-0.39, 0.29) is 5.78 Å². The van der Waals surface area contributed by atoms with E-state index in [0.29, 0.717) is 35.4 Å². The van der Waals surface area contributed by atoms with Crippen LogP contribution in [0.5, 0.6) is 5.75 Å². The van der Waals surface area contributed by atoms with E-state index < -0.39 is 17.1 Å². The summed E-state index contributed by atoms with van der Waals surface area (Å²) < 4.78 is 11.4. The van der Waals surface area contributed by atoms with Gasteiger partial charge >= 0.3 is 5.63 Å². The minimum Gasteiger partial charge on any atom is -0.480 e. The zero-order valence-electron chi connectivity index (χ0n) is 17.5. The molecule has 1 aromatic heterocycles. The normalized spacial score (nSPS) is 25.8. The molecule has 1 N–H and O–H groups in total. The van der Waals surface area contributed by atoms with Gasteiger partial charge in [0.2, 0.25) is 0 Å². The highest BCUT2D eigenvalue weighted by Gasteiger charge is 2.43. The number of ether oxygens (including phenoxy) is 1. The number of aliphatic imine (C=N–C) groups is 1. The molecular weight excluding hydrogens is 392 g/mol. The molecule has 3 atom stereocenters. The summed E-state index contributed by atoms with van der Waals surface area (Å²) in [5.74, 6) is 0.175. The predicted octanol–water partition coefficient (Wildman–Crippen LogP) is 3.68. The van der Waals surface area contributed by atoms with E-state index in [9.17, 15) is 9.59 Å². The fraction of sp³-hybridized carbons (Fsp3) is 0.320. The molecule has 0 unspecified atom stereocenters. The van der Waals surface area contributed by atoms with Crippen molar-refractivity contribution >= 4 is 23.0 Å². The molecule has 31 heavy (non-hydrogen) atoms. The van der Waals surface area contributed by atoms with Crippen LogP contribution >= 0.6 is 0 Å². The van der Waals surface area contributed by atoms with Gasteiger partial charge < -0.3 is 14.5 Å². The van der Waals surface area contributed by atoms with Crippen molar-refractivity contribution in [3.8, 4) is 5.75 Å². The zero-order chi connectivity index (χ0) is 21.6. The van der Waals surface area contributed by atoms with Crippen LogP contribution in [-0.2, 0) is 4.79 Å². The van der Waals surface area contributed by atoms with Crippen LogP contribution < -0.4 is 15.7 Å². The third-order valence-electron chi connectivity index (χ3n) is 6.15. The Morgan fingerprint density at radius 3 is 2.81 bits per heavy atom. The number of carbonyl (C=O) groups excluding carboxylic acids is 1. The van der Waals surface area contributed by atoms with Crippen LogP contribution in [0, 0.1) is 5.92 Å². The summed E-state index contributed by atoms with van der Waals surface area (Å²) in [5.41, 5.74) is 0.814. The number of benzene rings is 1. The Balaban J connectivity index is 1.43. The summed E-state index contributed by atoms with van der Waals surface area (Å²) >= 11 is 0. The van der Waals surface area contributed by atoms with E-state index in [0.717, 1.165) is 11.8 Å². The second-order valence-corrected chi connectivity index (χ2v) is 8.62. The lowest BCUT2D eigenvalue weighted by Gasteiger charge is -2.34. The number of nitrogens with zero attached hydrogens (tertiary/aromatic N) is 1. The van der Waals surface area contributed by atoms with E-state index in [4.69, 9.17) is 9.15 Å². The van der Waals surface area contributed by atoms with Crippen molar-refractivity contribution < 1.29 is 13.9 Å². The number of carbonyl (C=O) groups is 1. The molecule has 3 heterocycles. The van der Waals surface area contributed by atoms with Gasteiger partial charge in [-0.1, -0.05) is 24.3 Å². The lowest BCUT2D eigenvalue weighted by atomic mass is 9.83. The van der Waals surface area contributed by atoms with Gasteiger partial charge in [-0.3, -0.25) is 9.79 Å². The summed E-state index contributed by atoms with van der Waals surface area (Å²) in [6.07, 6.45) is 13.1. The van der Waals surface area contributed by atoms with Crippen molar-refractivity contribution in [3.05, 3.63) is 76.3 Å². The first-order chi connectivity index (χ1) is 14.9. The maximum atomic E-state index is 13.2. The second-order valence-electron chi connectivity index (χ2n) is 8.62. The molecule has 3 aliphatic rings. The SMILES string of the molecule is CC1(C)Oc2ccc3ccc(=O)oc3c2[C@H](C=NCCC2=CN[C@@H]3C=CC=C[C@@H]23)C1=O. The van der Waals surface area contributed by atoms with E-state index in [1.54, 1.807) is 26.1 Å². The van der Waals surface area contributed by atoms with Gasteiger partial charge in [0.1, 0.15) is 11.3 Å². The number of Topliss-reactive ketones (excluding diaryl/α,β-unsaturated/α-hetero) is 1. The quantitative estimate of drug-likeness (QED) is 0.608. The molecular formula is C25H24N2O4. The molecule has 0 bridgehead atoms. The van der Waals surface area contributed by atoms with E-state index in [1.165, 1.54) is 11.6 Å². The van der Waals surface area contributed by atoms with Crippen LogP contribution in [0.2, 0.25) is 0 Å². The molecule has 158 valence electrons. The lowest BCUT2D eigenvalue weighted by Crippen LogP contribution is -2.45. The third kappa shape index (κ3) is 3.42. The minimum atomic E-state index is -0.989. The molecule has 0 saturated carbocycles. The smallest absolute Gasteiger partial charge is 0.336 e. The van der Waals surface area contributed by atoms with Gasteiger partial charge in [0.05, 0.1) is 17.5 Å². The highest BCUT2D eigenvalue weighted by Crippen LogP contribution is 2.41. The fourth-order valence-electron chi connectivity index (χ4n) is 4.52. The number of allylic oxidation sites excluding steroid dienone is 2. The Bertz CT molecular complexity index is 1230. The number of ketones is 1. The fourth-order valence-corrected chi connectivity index (χ4v) is 4.52. The maximum absolute atomic E-state index is 13.2. The molecule has 5 rings (SSSR count). The van der Waals surface area contributed by atoms with Gasteiger partial charge in [0.25, 0.3) is 0 Å². The van der Waals surface area contributed by atoms with Gasteiger partial charge in [-0.15, -0.1) is 0 Å². The van der Waals surface area contributed by atoms with Crippen LogP contribution in [0.25, 0.3) is 11.0 Å². The predicted molar refractivity (Wildman–Crippen MR) is 120 cm³/mol.